The number of carboxylic acids is 1. The lowest BCUT2D eigenvalue weighted by Gasteiger charge is -2.26. The van der Waals surface area contributed by atoms with Crippen LogP contribution in [0.25, 0.3) is 5.70 Å². The van der Waals surface area contributed by atoms with E-state index in [1.807, 2.05) is 5.38 Å². The lowest BCUT2D eigenvalue weighted by Crippen LogP contribution is -2.31. The van der Waals surface area contributed by atoms with Crippen LogP contribution in [-0.2, 0) is 4.79 Å². The minimum absolute atomic E-state index is 0.0288. The van der Waals surface area contributed by atoms with E-state index < -0.39 is 16.8 Å². The van der Waals surface area contributed by atoms with Gasteiger partial charge in [0.15, 0.2) is 0 Å². The molecule has 8 heteroatoms. The molecule has 0 amide bonds. The Bertz CT molecular complexity index is 918. The van der Waals surface area contributed by atoms with Crippen molar-refractivity contribution in [1.29, 1.82) is 0 Å². The number of nitrogens with zero attached hydrogens (tertiary/aromatic N) is 1. The Hall–Kier alpha value is -2.45. The summed E-state index contributed by atoms with van der Waals surface area (Å²) >= 11 is 4.75. The highest BCUT2D eigenvalue weighted by Crippen LogP contribution is 2.43. The van der Waals surface area contributed by atoms with Crippen molar-refractivity contribution in [3.8, 4) is 0 Å². The van der Waals surface area contributed by atoms with Gasteiger partial charge in [-0.3, -0.25) is 10.1 Å². The molecule has 0 bridgehead atoms. The van der Waals surface area contributed by atoms with Gasteiger partial charge in [0.05, 0.1) is 15.4 Å². The van der Waals surface area contributed by atoms with E-state index in [1.165, 1.54) is 11.3 Å². The predicted molar refractivity (Wildman–Crippen MR) is 98.6 cm³/mol. The lowest BCUT2D eigenvalue weighted by atomic mass is 9.84. The monoisotopic (exact) mass is 420 g/mol. The summed E-state index contributed by atoms with van der Waals surface area (Å²) in [5.74, 6) is -2.17. The van der Waals surface area contributed by atoms with E-state index in [0.29, 0.717) is 26.3 Å². The average Bonchev–Trinajstić information content (AvgIpc) is 3.07. The van der Waals surface area contributed by atoms with Crippen LogP contribution in [0.15, 0.2) is 63.2 Å². The minimum Gasteiger partial charge on any atom is -0.478 e. The number of benzene rings is 1. The fourth-order valence-electron chi connectivity index (χ4n) is 2.92. The number of rotatable bonds is 4. The highest BCUT2D eigenvalue weighted by molar-refractivity contribution is 9.10. The number of hydrogen-bond donors (Lipinski definition) is 2. The third-order valence-corrected chi connectivity index (χ3v) is 5.56. The minimum atomic E-state index is -1.18. The molecule has 2 N–H and O–H groups in total. The third-order valence-electron chi connectivity index (χ3n) is 3.95. The first-order valence-electron chi connectivity index (χ1n) is 7.29. The van der Waals surface area contributed by atoms with Crippen LogP contribution in [0.1, 0.15) is 23.3 Å². The smallest absolute Gasteiger partial charge is 0.334 e. The molecule has 1 aromatic carbocycles. The molecule has 6 nitrogen and oxygen atoms in total. The molecular formula is C17H13BrN2O4S. The molecule has 0 saturated carbocycles. The number of allylic oxidation sites excluding steroid dienone is 2. The van der Waals surface area contributed by atoms with Crippen molar-refractivity contribution in [3.63, 3.8) is 0 Å². The topological polar surface area (TPSA) is 92.5 Å². The summed E-state index contributed by atoms with van der Waals surface area (Å²) in [6.45, 7) is 1.62. The van der Waals surface area contributed by atoms with Gasteiger partial charge in [-0.2, -0.15) is 0 Å². The van der Waals surface area contributed by atoms with Gasteiger partial charge in [0.2, 0.25) is 0 Å². The Labute approximate surface area is 155 Å². The fourth-order valence-corrected chi connectivity index (χ4v) is 4.17. The largest absolute Gasteiger partial charge is 0.478 e. The van der Waals surface area contributed by atoms with Gasteiger partial charge in [-0.15, -0.1) is 11.3 Å². The average molecular weight is 421 g/mol. The van der Waals surface area contributed by atoms with E-state index in [0.717, 1.165) is 0 Å². The first-order chi connectivity index (χ1) is 11.9. The summed E-state index contributed by atoms with van der Waals surface area (Å²) in [5, 5.41) is 26.4. The Balaban J connectivity index is 2.33. The molecule has 0 spiro atoms. The predicted octanol–water partition coefficient (Wildman–Crippen LogP) is 4.20. The van der Waals surface area contributed by atoms with Crippen molar-refractivity contribution in [1.82, 2.24) is 5.32 Å². The quantitative estimate of drug-likeness (QED) is 0.570. The number of nitrogens with one attached hydrogen (secondary N) is 1. The van der Waals surface area contributed by atoms with Gasteiger partial charge < -0.3 is 10.4 Å². The summed E-state index contributed by atoms with van der Waals surface area (Å²) in [4.78, 5) is 24.0. The summed E-state index contributed by atoms with van der Waals surface area (Å²) < 4.78 is 0.623. The number of nitro groups is 1. The molecule has 0 radical (unpaired) electrons. The van der Waals surface area contributed by atoms with Gasteiger partial charge in [0, 0.05) is 10.2 Å². The molecule has 0 saturated heterocycles. The fraction of sp³-hybridized carbons (Fsp3) is 0.118. The van der Waals surface area contributed by atoms with Crippen LogP contribution in [0.4, 0.5) is 0 Å². The van der Waals surface area contributed by atoms with Crippen molar-refractivity contribution in [2.75, 3.05) is 0 Å². The Kier molecular flexibility index (Phi) is 4.73. The highest BCUT2D eigenvalue weighted by atomic mass is 79.9. The lowest BCUT2D eigenvalue weighted by molar-refractivity contribution is -0.428. The molecule has 1 aliphatic heterocycles. The van der Waals surface area contributed by atoms with Crippen LogP contribution in [0.2, 0.25) is 0 Å². The van der Waals surface area contributed by atoms with E-state index in [9.17, 15) is 20.0 Å². The number of hydrogen-bond acceptors (Lipinski definition) is 5. The molecule has 1 aromatic heterocycles. The molecule has 3 rings (SSSR count). The van der Waals surface area contributed by atoms with Gasteiger partial charge in [0.1, 0.15) is 11.6 Å². The summed E-state index contributed by atoms with van der Waals surface area (Å²) in [5.41, 5.74) is 1.07. The van der Waals surface area contributed by atoms with Crippen LogP contribution in [-0.4, -0.2) is 16.0 Å². The first kappa shape index (κ1) is 17.4. The van der Waals surface area contributed by atoms with E-state index in [-0.39, 0.29) is 11.3 Å². The van der Waals surface area contributed by atoms with E-state index in [4.69, 9.17) is 0 Å². The van der Waals surface area contributed by atoms with Crippen LogP contribution in [0.3, 0.4) is 0 Å². The molecule has 1 atom stereocenters. The zero-order chi connectivity index (χ0) is 18.1. The zero-order valence-electron chi connectivity index (χ0n) is 13.0. The van der Waals surface area contributed by atoms with Crippen molar-refractivity contribution < 1.29 is 14.8 Å². The highest BCUT2D eigenvalue weighted by Gasteiger charge is 2.42. The Morgan fingerprint density at radius 1 is 1.32 bits per heavy atom. The van der Waals surface area contributed by atoms with E-state index >= 15 is 0 Å². The summed E-state index contributed by atoms with van der Waals surface area (Å²) in [6, 6.07) is 10.5. The standard InChI is InChI=1S/C17H13BrN2O4S/c1-9-13(17(21)22)14(10-5-2-3-6-11(10)18)16(20(23)24)15(19-9)12-7-4-8-25-12/h2-8,14,19H,1H3,(H,21,22). The molecule has 128 valence electrons. The number of aliphatic carboxylic acids is 1. The Morgan fingerprint density at radius 3 is 2.60 bits per heavy atom. The van der Waals surface area contributed by atoms with Gasteiger partial charge >= 0.3 is 5.97 Å². The summed E-state index contributed by atoms with van der Waals surface area (Å²) in [7, 11) is 0. The second kappa shape index (κ2) is 6.81. The van der Waals surface area contributed by atoms with Gasteiger partial charge in [-0.1, -0.05) is 40.2 Å². The number of thiophene rings is 1. The molecule has 2 aromatic rings. The number of dihydropyridines is 1. The van der Waals surface area contributed by atoms with E-state index in [1.54, 1.807) is 43.3 Å². The van der Waals surface area contributed by atoms with Gasteiger partial charge in [-0.25, -0.2) is 4.79 Å². The van der Waals surface area contributed by atoms with Crippen molar-refractivity contribution in [3.05, 3.63) is 83.8 Å². The zero-order valence-corrected chi connectivity index (χ0v) is 15.4. The maximum absolute atomic E-state index is 11.9. The van der Waals surface area contributed by atoms with Gasteiger partial charge in [-0.05, 0) is 30.0 Å². The SMILES string of the molecule is CC1=C(C(=O)O)C(c2ccccc2Br)C([N+](=O)[O-])=C(c2cccs2)N1. The molecule has 0 aliphatic carbocycles. The molecular weight excluding hydrogens is 408 g/mol. The van der Waals surface area contributed by atoms with Gasteiger partial charge in [0.25, 0.3) is 5.70 Å². The molecule has 1 unspecified atom stereocenters. The van der Waals surface area contributed by atoms with Crippen LogP contribution < -0.4 is 5.32 Å². The van der Waals surface area contributed by atoms with Crippen LogP contribution in [0.5, 0.6) is 0 Å². The normalized spacial score (nSPS) is 17.4. The number of halogens is 1. The molecule has 2 heterocycles. The molecule has 0 fully saturated rings. The number of carboxylic acid groups (broad SMARTS) is 1. The van der Waals surface area contributed by atoms with Crippen molar-refractivity contribution >= 4 is 38.9 Å². The maximum atomic E-state index is 11.9. The molecule has 1 aliphatic rings. The Morgan fingerprint density at radius 2 is 2.04 bits per heavy atom. The third kappa shape index (κ3) is 3.10. The summed E-state index contributed by atoms with van der Waals surface area (Å²) in [6.07, 6.45) is 0. The van der Waals surface area contributed by atoms with Crippen molar-refractivity contribution in [2.45, 2.75) is 12.8 Å². The maximum Gasteiger partial charge on any atom is 0.334 e. The van der Waals surface area contributed by atoms with Crippen LogP contribution >= 0.6 is 27.3 Å². The van der Waals surface area contributed by atoms with Crippen molar-refractivity contribution in [2.24, 2.45) is 0 Å². The molecule has 25 heavy (non-hydrogen) atoms. The first-order valence-corrected chi connectivity index (χ1v) is 8.97. The number of carbonyl (C=O) groups is 1. The van der Waals surface area contributed by atoms with Crippen LogP contribution in [0, 0.1) is 10.1 Å². The van der Waals surface area contributed by atoms with E-state index in [2.05, 4.69) is 21.2 Å². The second-order valence-corrected chi connectivity index (χ2v) is 7.22. The second-order valence-electron chi connectivity index (χ2n) is 5.42.